The van der Waals surface area contributed by atoms with E-state index < -0.39 is 5.54 Å². The minimum absolute atomic E-state index is 0.0360. The van der Waals surface area contributed by atoms with Crippen molar-refractivity contribution in [3.05, 3.63) is 0 Å². The second kappa shape index (κ2) is 5.55. The molecule has 2 aliphatic rings. The predicted octanol–water partition coefficient (Wildman–Crippen LogP) is 0.520. The summed E-state index contributed by atoms with van der Waals surface area (Å²) in [6.45, 7) is 1.18. The van der Waals surface area contributed by atoms with Crippen molar-refractivity contribution in [2.75, 3.05) is 27.3 Å². The van der Waals surface area contributed by atoms with Gasteiger partial charge in [-0.2, -0.15) is 0 Å². The molecule has 1 aliphatic heterocycles. The van der Waals surface area contributed by atoms with Crippen molar-refractivity contribution < 1.29 is 14.3 Å². The molecule has 0 bridgehead atoms. The van der Waals surface area contributed by atoms with Crippen LogP contribution in [0.4, 0.5) is 0 Å². The SMILES string of the molecule is COC1CN(C(=O)C2(N)CCCCC2)CC1OC. The number of likely N-dealkylation sites (tertiary alicyclic amines) is 1. The van der Waals surface area contributed by atoms with Crippen LogP contribution in [0.25, 0.3) is 0 Å². The van der Waals surface area contributed by atoms with Gasteiger partial charge >= 0.3 is 0 Å². The Balaban J connectivity index is 2.01. The first kappa shape index (κ1) is 13.8. The minimum Gasteiger partial charge on any atom is -0.377 e. The van der Waals surface area contributed by atoms with Crippen LogP contribution in [-0.2, 0) is 14.3 Å². The Kier molecular flexibility index (Phi) is 4.25. The van der Waals surface area contributed by atoms with Crippen molar-refractivity contribution in [2.45, 2.75) is 49.9 Å². The molecule has 2 N–H and O–H groups in total. The Hall–Kier alpha value is -0.650. The number of nitrogens with two attached hydrogens (primary N) is 1. The van der Waals surface area contributed by atoms with Crippen LogP contribution in [0.1, 0.15) is 32.1 Å². The molecule has 0 radical (unpaired) electrons. The third-order valence-corrected chi connectivity index (χ3v) is 4.28. The van der Waals surface area contributed by atoms with Crippen molar-refractivity contribution >= 4 is 5.91 Å². The molecule has 104 valence electrons. The molecule has 0 spiro atoms. The van der Waals surface area contributed by atoms with Gasteiger partial charge in [-0.15, -0.1) is 0 Å². The molecule has 2 atom stereocenters. The zero-order valence-corrected chi connectivity index (χ0v) is 11.4. The molecule has 2 fully saturated rings. The van der Waals surface area contributed by atoms with E-state index in [9.17, 15) is 4.79 Å². The van der Waals surface area contributed by atoms with Crippen molar-refractivity contribution in [3.8, 4) is 0 Å². The highest BCUT2D eigenvalue weighted by atomic mass is 16.5. The van der Waals surface area contributed by atoms with Gasteiger partial charge < -0.3 is 20.1 Å². The van der Waals surface area contributed by atoms with Crippen LogP contribution in [0.5, 0.6) is 0 Å². The molecular weight excluding hydrogens is 232 g/mol. The quantitative estimate of drug-likeness (QED) is 0.799. The predicted molar refractivity (Wildman–Crippen MR) is 68.2 cm³/mol. The molecule has 18 heavy (non-hydrogen) atoms. The zero-order valence-electron chi connectivity index (χ0n) is 11.4. The first-order chi connectivity index (χ1) is 8.60. The van der Waals surface area contributed by atoms with E-state index in [2.05, 4.69) is 0 Å². The summed E-state index contributed by atoms with van der Waals surface area (Å²) in [5.74, 6) is 0.0730. The highest BCUT2D eigenvalue weighted by Crippen LogP contribution is 2.29. The number of hydrogen-bond acceptors (Lipinski definition) is 4. The molecule has 5 nitrogen and oxygen atoms in total. The van der Waals surface area contributed by atoms with Crippen molar-refractivity contribution in [2.24, 2.45) is 5.73 Å². The lowest BCUT2D eigenvalue weighted by Gasteiger charge is -2.35. The summed E-state index contributed by atoms with van der Waals surface area (Å²) >= 11 is 0. The summed E-state index contributed by atoms with van der Waals surface area (Å²) in [5.41, 5.74) is 5.63. The van der Waals surface area contributed by atoms with Gasteiger partial charge in [0.05, 0.1) is 5.54 Å². The van der Waals surface area contributed by atoms with E-state index in [4.69, 9.17) is 15.2 Å². The van der Waals surface area contributed by atoms with E-state index in [1.807, 2.05) is 4.90 Å². The second-order valence-electron chi connectivity index (χ2n) is 5.48. The van der Waals surface area contributed by atoms with Gasteiger partial charge in [0.1, 0.15) is 12.2 Å². The number of carbonyl (C=O) groups excluding carboxylic acids is 1. The summed E-state index contributed by atoms with van der Waals surface area (Å²) in [5, 5.41) is 0. The number of nitrogens with zero attached hydrogens (tertiary/aromatic N) is 1. The van der Waals surface area contributed by atoms with Crippen LogP contribution >= 0.6 is 0 Å². The lowest BCUT2D eigenvalue weighted by Crippen LogP contribution is -2.56. The average Bonchev–Trinajstić information content (AvgIpc) is 2.81. The standard InChI is InChI=1S/C13H24N2O3/c1-17-10-8-15(9-11(10)18-2)12(16)13(14)6-4-3-5-7-13/h10-11H,3-9,14H2,1-2H3. The Morgan fingerprint density at radius 1 is 1.11 bits per heavy atom. The molecule has 5 heteroatoms. The van der Waals surface area contributed by atoms with E-state index in [0.717, 1.165) is 25.7 Å². The molecular formula is C13H24N2O3. The second-order valence-corrected chi connectivity index (χ2v) is 5.48. The van der Waals surface area contributed by atoms with Gasteiger partial charge in [0.2, 0.25) is 5.91 Å². The van der Waals surface area contributed by atoms with Crippen molar-refractivity contribution in [3.63, 3.8) is 0 Å². The summed E-state index contributed by atoms with van der Waals surface area (Å²) in [4.78, 5) is 14.3. The Morgan fingerprint density at radius 3 is 2.06 bits per heavy atom. The smallest absolute Gasteiger partial charge is 0.242 e. The topological polar surface area (TPSA) is 64.8 Å². The van der Waals surface area contributed by atoms with Crippen molar-refractivity contribution in [1.82, 2.24) is 4.90 Å². The van der Waals surface area contributed by atoms with Gasteiger partial charge in [-0.3, -0.25) is 4.79 Å². The molecule has 0 aromatic heterocycles. The minimum atomic E-state index is -0.654. The Labute approximate surface area is 109 Å². The maximum atomic E-state index is 12.5. The molecule has 0 aromatic carbocycles. The summed E-state index contributed by atoms with van der Waals surface area (Å²) in [6.07, 6.45) is 4.83. The van der Waals surface area contributed by atoms with Gasteiger partial charge in [-0.05, 0) is 12.8 Å². The monoisotopic (exact) mass is 256 g/mol. The molecule has 1 saturated heterocycles. The number of amides is 1. The van der Waals surface area contributed by atoms with E-state index >= 15 is 0 Å². The summed E-state index contributed by atoms with van der Waals surface area (Å²) in [6, 6.07) is 0. The highest BCUT2D eigenvalue weighted by Gasteiger charge is 2.43. The first-order valence-electron chi connectivity index (χ1n) is 6.74. The van der Waals surface area contributed by atoms with Gasteiger partial charge in [-0.25, -0.2) is 0 Å². The molecule has 0 aromatic rings. The Bertz CT molecular complexity index is 291. The van der Waals surface area contributed by atoms with Gasteiger partial charge in [0.25, 0.3) is 0 Å². The number of rotatable bonds is 3. The number of methoxy groups -OCH3 is 2. The lowest BCUT2D eigenvalue weighted by atomic mass is 9.81. The third kappa shape index (κ3) is 2.53. The molecule has 1 aliphatic carbocycles. The van der Waals surface area contributed by atoms with Crippen LogP contribution in [-0.4, -0.2) is 55.9 Å². The van der Waals surface area contributed by atoms with Crippen LogP contribution in [0.3, 0.4) is 0 Å². The van der Waals surface area contributed by atoms with Crippen LogP contribution in [0.2, 0.25) is 0 Å². The van der Waals surface area contributed by atoms with Gasteiger partial charge in [-0.1, -0.05) is 19.3 Å². The summed E-state index contributed by atoms with van der Waals surface area (Å²) in [7, 11) is 3.31. The van der Waals surface area contributed by atoms with E-state index in [-0.39, 0.29) is 18.1 Å². The fraction of sp³-hybridized carbons (Fsp3) is 0.923. The molecule has 1 amide bonds. The average molecular weight is 256 g/mol. The fourth-order valence-corrected chi connectivity index (χ4v) is 3.07. The van der Waals surface area contributed by atoms with Crippen LogP contribution < -0.4 is 5.73 Å². The largest absolute Gasteiger partial charge is 0.377 e. The molecule has 2 rings (SSSR count). The molecule has 1 saturated carbocycles. The van der Waals surface area contributed by atoms with Crippen molar-refractivity contribution in [1.29, 1.82) is 0 Å². The van der Waals surface area contributed by atoms with Crippen LogP contribution in [0.15, 0.2) is 0 Å². The molecule has 2 unspecified atom stereocenters. The highest BCUT2D eigenvalue weighted by molar-refractivity contribution is 5.86. The number of hydrogen-bond donors (Lipinski definition) is 1. The summed E-state index contributed by atoms with van der Waals surface area (Å²) < 4.78 is 10.7. The van der Waals surface area contributed by atoms with E-state index in [1.54, 1.807) is 14.2 Å². The van der Waals surface area contributed by atoms with E-state index in [0.29, 0.717) is 13.1 Å². The maximum absolute atomic E-state index is 12.5. The molecule has 1 heterocycles. The zero-order chi connectivity index (χ0) is 13.2. The normalized spacial score (nSPS) is 31.6. The maximum Gasteiger partial charge on any atom is 0.242 e. The van der Waals surface area contributed by atoms with Gasteiger partial charge in [0, 0.05) is 27.3 Å². The number of carbonyl (C=O) groups is 1. The third-order valence-electron chi connectivity index (χ3n) is 4.28. The van der Waals surface area contributed by atoms with E-state index in [1.165, 1.54) is 6.42 Å². The lowest BCUT2D eigenvalue weighted by molar-refractivity contribution is -0.137. The Morgan fingerprint density at radius 2 is 1.61 bits per heavy atom. The first-order valence-corrected chi connectivity index (χ1v) is 6.74. The fourth-order valence-electron chi connectivity index (χ4n) is 3.07. The van der Waals surface area contributed by atoms with Crippen LogP contribution in [0, 0.1) is 0 Å². The van der Waals surface area contributed by atoms with Gasteiger partial charge in [0.15, 0.2) is 0 Å². The number of ether oxygens (including phenoxy) is 2.